The Labute approximate surface area is 78.4 Å². The first kappa shape index (κ1) is 9.16. The molecule has 0 aromatic rings. The first-order chi connectivity index (χ1) is 6.36. The van der Waals surface area contributed by atoms with Crippen LogP contribution < -0.4 is 0 Å². The number of rotatable bonds is 4. The first-order valence-corrected chi connectivity index (χ1v) is 5.08. The summed E-state index contributed by atoms with van der Waals surface area (Å²) in [6.07, 6.45) is 4.75. The molecule has 3 nitrogen and oxygen atoms in total. The van der Waals surface area contributed by atoms with Crippen LogP contribution >= 0.6 is 0 Å². The fourth-order valence-corrected chi connectivity index (χ4v) is 1.88. The van der Waals surface area contributed by atoms with E-state index in [1.165, 1.54) is 12.8 Å². The Balaban J connectivity index is 1.65. The number of Topliss-reactive ketones (excluding diaryl/α,β-unsaturated/α-hetero) is 1. The summed E-state index contributed by atoms with van der Waals surface area (Å²) in [5, 5.41) is 0. The zero-order valence-electron chi connectivity index (χ0n) is 7.83. The molecular formula is C10H16O3. The van der Waals surface area contributed by atoms with Gasteiger partial charge in [-0.25, -0.2) is 0 Å². The molecule has 2 aliphatic rings. The van der Waals surface area contributed by atoms with E-state index in [1.54, 1.807) is 0 Å². The van der Waals surface area contributed by atoms with Crippen LogP contribution in [-0.2, 0) is 14.3 Å². The molecule has 1 saturated carbocycles. The molecule has 1 aliphatic heterocycles. The summed E-state index contributed by atoms with van der Waals surface area (Å²) in [4.78, 5) is 11.5. The molecule has 2 fully saturated rings. The van der Waals surface area contributed by atoms with Crippen LogP contribution in [0.5, 0.6) is 0 Å². The Bertz CT molecular complexity index is 181. The van der Waals surface area contributed by atoms with Gasteiger partial charge in [0.25, 0.3) is 0 Å². The smallest absolute Gasteiger partial charge is 0.161 e. The van der Waals surface area contributed by atoms with Crippen LogP contribution in [-0.4, -0.2) is 31.7 Å². The summed E-state index contributed by atoms with van der Waals surface area (Å²) in [6, 6.07) is 0. The van der Waals surface area contributed by atoms with Gasteiger partial charge in [0.15, 0.2) is 5.78 Å². The third-order valence-electron chi connectivity index (χ3n) is 2.88. The lowest BCUT2D eigenvalue weighted by Crippen LogP contribution is -2.38. The minimum Gasteiger partial charge on any atom is -0.376 e. The molecule has 1 saturated heterocycles. The Morgan fingerprint density at radius 3 is 2.54 bits per heavy atom. The van der Waals surface area contributed by atoms with Gasteiger partial charge in [0.1, 0.15) is 12.7 Å². The summed E-state index contributed by atoms with van der Waals surface area (Å²) >= 11 is 0. The van der Waals surface area contributed by atoms with Crippen molar-refractivity contribution >= 4 is 5.78 Å². The van der Waals surface area contributed by atoms with E-state index in [4.69, 9.17) is 9.47 Å². The number of hydrogen-bond acceptors (Lipinski definition) is 3. The molecule has 0 aromatic carbocycles. The van der Waals surface area contributed by atoms with Gasteiger partial charge >= 0.3 is 0 Å². The van der Waals surface area contributed by atoms with Gasteiger partial charge in [0.2, 0.25) is 0 Å². The van der Waals surface area contributed by atoms with Crippen molar-refractivity contribution < 1.29 is 14.3 Å². The lowest BCUT2D eigenvalue weighted by atomic mass is 10.0. The van der Waals surface area contributed by atoms with Gasteiger partial charge in [0, 0.05) is 5.92 Å². The normalized spacial score (nSPS) is 24.6. The third-order valence-corrected chi connectivity index (χ3v) is 2.88. The van der Waals surface area contributed by atoms with Gasteiger partial charge in [-0.1, -0.05) is 12.8 Å². The molecule has 3 heteroatoms. The summed E-state index contributed by atoms with van der Waals surface area (Å²) in [5.41, 5.74) is 0. The van der Waals surface area contributed by atoms with E-state index in [2.05, 4.69) is 0 Å². The summed E-state index contributed by atoms with van der Waals surface area (Å²) in [6.45, 7) is 1.63. The van der Waals surface area contributed by atoms with Crippen molar-refractivity contribution in [2.75, 3.05) is 19.8 Å². The number of ether oxygens (including phenoxy) is 2. The maximum atomic E-state index is 11.5. The van der Waals surface area contributed by atoms with Gasteiger partial charge in [-0.3, -0.25) is 4.79 Å². The molecule has 0 amide bonds. The number of carbonyl (C=O) groups excluding carboxylic acids is 1. The molecule has 1 heterocycles. The Morgan fingerprint density at radius 1 is 1.31 bits per heavy atom. The SMILES string of the molecule is O=C(COC1COC1)C1CCCC1. The predicted molar refractivity (Wildman–Crippen MR) is 47.5 cm³/mol. The molecule has 13 heavy (non-hydrogen) atoms. The summed E-state index contributed by atoms with van der Waals surface area (Å²) < 4.78 is 10.3. The topological polar surface area (TPSA) is 35.5 Å². The highest BCUT2D eigenvalue weighted by Gasteiger charge is 2.25. The predicted octanol–water partition coefficient (Wildman–Crippen LogP) is 1.16. The van der Waals surface area contributed by atoms with Crippen molar-refractivity contribution in [1.82, 2.24) is 0 Å². The Morgan fingerprint density at radius 2 is 2.00 bits per heavy atom. The highest BCUT2D eigenvalue weighted by Crippen LogP contribution is 2.25. The largest absolute Gasteiger partial charge is 0.376 e. The monoisotopic (exact) mass is 184 g/mol. The van der Waals surface area contributed by atoms with Crippen molar-refractivity contribution in [3.8, 4) is 0 Å². The maximum absolute atomic E-state index is 11.5. The van der Waals surface area contributed by atoms with Gasteiger partial charge in [0.05, 0.1) is 13.2 Å². The van der Waals surface area contributed by atoms with Crippen LogP contribution in [0.4, 0.5) is 0 Å². The lowest BCUT2D eigenvalue weighted by molar-refractivity contribution is -0.149. The van der Waals surface area contributed by atoms with E-state index >= 15 is 0 Å². The highest BCUT2D eigenvalue weighted by molar-refractivity contribution is 5.82. The second-order valence-corrected chi connectivity index (χ2v) is 3.92. The number of ketones is 1. The molecule has 2 rings (SSSR count). The van der Waals surface area contributed by atoms with E-state index < -0.39 is 0 Å². The van der Waals surface area contributed by atoms with Crippen LogP contribution in [0.1, 0.15) is 25.7 Å². The van der Waals surface area contributed by atoms with Crippen LogP contribution in [0.2, 0.25) is 0 Å². The number of hydrogen-bond donors (Lipinski definition) is 0. The van der Waals surface area contributed by atoms with E-state index in [1.807, 2.05) is 0 Å². The van der Waals surface area contributed by atoms with Crippen LogP contribution in [0.15, 0.2) is 0 Å². The average Bonchev–Trinajstić information content (AvgIpc) is 2.52. The van der Waals surface area contributed by atoms with E-state index in [0.29, 0.717) is 31.5 Å². The lowest BCUT2D eigenvalue weighted by Gasteiger charge is -2.26. The minimum atomic E-state index is 0.186. The molecule has 0 bridgehead atoms. The second kappa shape index (κ2) is 4.20. The Kier molecular flexibility index (Phi) is 2.96. The quantitative estimate of drug-likeness (QED) is 0.657. The fourth-order valence-electron chi connectivity index (χ4n) is 1.88. The molecule has 0 atom stereocenters. The van der Waals surface area contributed by atoms with Crippen molar-refractivity contribution in [2.24, 2.45) is 5.92 Å². The van der Waals surface area contributed by atoms with E-state index in [0.717, 1.165) is 12.8 Å². The van der Waals surface area contributed by atoms with Gasteiger partial charge in [-0.05, 0) is 12.8 Å². The zero-order chi connectivity index (χ0) is 9.10. The van der Waals surface area contributed by atoms with Crippen molar-refractivity contribution in [3.05, 3.63) is 0 Å². The van der Waals surface area contributed by atoms with Gasteiger partial charge in [-0.15, -0.1) is 0 Å². The minimum absolute atomic E-state index is 0.186. The molecular weight excluding hydrogens is 168 g/mol. The molecule has 0 radical (unpaired) electrons. The maximum Gasteiger partial charge on any atom is 0.161 e. The molecule has 0 unspecified atom stereocenters. The molecule has 0 spiro atoms. The first-order valence-electron chi connectivity index (χ1n) is 5.08. The van der Waals surface area contributed by atoms with Crippen molar-refractivity contribution in [2.45, 2.75) is 31.8 Å². The molecule has 0 N–H and O–H groups in total. The standard InChI is InChI=1S/C10H16O3/c11-10(8-3-1-2-4-8)7-13-9-5-12-6-9/h8-9H,1-7H2. The van der Waals surface area contributed by atoms with Gasteiger partial charge in [-0.2, -0.15) is 0 Å². The van der Waals surface area contributed by atoms with E-state index in [9.17, 15) is 4.79 Å². The second-order valence-electron chi connectivity index (χ2n) is 3.92. The van der Waals surface area contributed by atoms with Crippen LogP contribution in [0, 0.1) is 5.92 Å². The molecule has 0 aromatic heterocycles. The average molecular weight is 184 g/mol. The third kappa shape index (κ3) is 2.29. The van der Waals surface area contributed by atoms with Crippen LogP contribution in [0.25, 0.3) is 0 Å². The summed E-state index contributed by atoms with van der Waals surface area (Å²) in [7, 11) is 0. The van der Waals surface area contributed by atoms with E-state index in [-0.39, 0.29) is 6.10 Å². The molecule has 74 valence electrons. The van der Waals surface area contributed by atoms with Crippen molar-refractivity contribution in [1.29, 1.82) is 0 Å². The summed E-state index contributed by atoms with van der Waals surface area (Å²) in [5.74, 6) is 0.588. The highest BCUT2D eigenvalue weighted by atomic mass is 16.6. The Hall–Kier alpha value is -0.410. The number of carbonyl (C=O) groups is 1. The van der Waals surface area contributed by atoms with Crippen LogP contribution in [0.3, 0.4) is 0 Å². The zero-order valence-corrected chi connectivity index (χ0v) is 7.83. The van der Waals surface area contributed by atoms with Gasteiger partial charge < -0.3 is 9.47 Å². The molecule has 1 aliphatic carbocycles. The van der Waals surface area contributed by atoms with Crippen molar-refractivity contribution in [3.63, 3.8) is 0 Å². The fraction of sp³-hybridized carbons (Fsp3) is 0.900.